The van der Waals surface area contributed by atoms with E-state index in [0.29, 0.717) is 24.7 Å². The number of aryl methyl sites for hydroxylation is 2. The maximum Gasteiger partial charge on any atom is 0.240 e. The number of hydrogen-bond donors (Lipinski definition) is 2. The van der Waals surface area contributed by atoms with E-state index >= 15 is 0 Å². The Labute approximate surface area is 123 Å². The molecule has 0 unspecified atom stereocenters. The molecule has 0 bridgehead atoms. The number of sulfonamides is 1. The van der Waals surface area contributed by atoms with E-state index in [-0.39, 0.29) is 11.4 Å². The Hall–Kier alpha value is -1.77. The van der Waals surface area contributed by atoms with Gasteiger partial charge in [-0.3, -0.25) is 0 Å². The number of rotatable bonds is 6. The summed E-state index contributed by atoms with van der Waals surface area (Å²) in [7, 11) is -3.56. The molecule has 1 aromatic carbocycles. The summed E-state index contributed by atoms with van der Waals surface area (Å²) in [5, 5.41) is 3.71. The minimum atomic E-state index is -3.56. The number of aromatic nitrogens is 2. The van der Waals surface area contributed by atoms with Crippen molar-refractivity contribution in [3.8, 4) is 0 Å². The van der Waals surface area contributed by atoms with Crippen LogP contribution in [0.15, 0.2) is 27.6 Å². The van der Waals surface area contributed by atoms with Gasteiger partial charge in [0, 0.05) is 26.4 Å². The lowest BCUT2D eigenvalue weighted by Crippen LogP contribution is -2.26. The van der Waals surface area contributed by atoms with Crippen molar-refractivity contribution in [3.05, 3.63) is 41.0 Å². The summed E-state index contributed by atoms with van der Waals surface area (Å²) in [6.07, 6.45) is 0.367. The molecule has 8 heteroatoms. The molecule has 3 N–H and O–H groups in total. The summed E-state index contributed by atoms with van der Waals surface area (Å²) >= 11 is 0. The molecule has 21 heavy (non-hydrogen) atoms. The first-order chi connectivity index (χ1) is 9.92. The maximum absolute atomic E-state index is 12.2. The fourth-order valence-electron chi connectivity index (χ4n) is 1.86. The zero-order chi connectivity index (χ0) is 15.5. The summed E-state index contributed by atoms with van der Waals surface area (Å²) < 4.78 is 31.7. The van der Waals surface area contributed by atoms with E-state index in [4.69, 9.17) is 10.3 Å². The molecule has 0 saturated heterocycles. The summed E-state index contributed by atoms with van der Waals surface area (Å²) in [6.45, 7) is 4.08. The Kier molecular flexibility index (Phi) is 4.71. The van der Waals surface area contributed by atoms with Gasteiger partial charge in [0.15, 0.2) is 5.82 Å². The smallest absolute Gasteiger partial charge is 0.240 e. The largest absolute Gasteiger partial charge is 0.340 e. The molecular weight excluding hydrogens is 292 g/mol. The average Bonchev–Trinajstić information content (AvgIpc) is 2.84. The highest BCUT2D eigenvalue weighted by Gasteiger charge is 2.15. The zero-order valence-electron chi connectivity index (χ0n) is 12.0. The van der Waals surface area contributed by atoms with Crippen molar-refractivity contribution in [3.63, 3.8) is 0 Å². The van der Waals surface area contributed by atoms with Gasteiger partial charge in [0.05, 0.1) is 4.90 Å². The lowest BCUT2D eigenvalue weighted by molar-refractivity contribution is 0.387. The predicted molar refractivity (Wildman–Crippen MR) is 77.0 cm³/mol. The van der Waals surface area contributed by atoms with Gasteiger partial charge in [-0.15, -0.1) is 0 Å². The third-order valence-electron chi connectivity index (χ3n) is 3.06. The molecule has 0 amide bonds. The van der Waals surface area contributed by atoms with Crippen LogP contribution in [0.3, 0.4) is 0 Å². The second kappa shape index (κ2) is 6.33. The van der Waals surface area contributed by atoms with Gasteiger partial charge in [-0.2, -0.15) is 4.98 Å². The van der Waals surface area contributed by atoms with E-state index in [1.54, 1.807) is 25.1 Å². The highest BCUT2D eigenvalue weighted by atomic mass is 32.2. The van der Waals surface area contributed by atoms with Crippen LogP contribution in [-0.2, 0) is 23.0 Å². The Bertz CT molecular complexity index is 725. The van der Waals surface area contributed by atoms with Gasteiger partial charge >= 0.3 is 0 Å². The molecule has 0 aliphatic rings. The zero-order valence-corrected chi connectivity index (χ0v) is 12.8. The summed E-state index contributed by atoms with van der Waals surface area (Å²) in [5.41, 5.74) is 7.38. The van der Waals surface area contributed by atoms with E-state index in [0.717, 1.165) is 11.1 Å². The van der Waals surface area contributed by atoms with E-state index < -0.39 is 10.0 Å². The van der Waals surface area contributed by atoms with Crippen LogP contribution in [0.5, 0.6) is 0 Å². The van der Waals surface area contributed by atoms with Crippen molar-refractivity contribution >= 4 is 10.0 Å². The molecule has 7 nitrogen and oxygen atoms in total. The molecule has 0 radical (unpaired) electrons. The molecule has 2 rings (SSSR count). The second-order valence-corrected chi connectivity index (χ2v) is 6.44. The molecule has 2 aromatic rings. The van der Waals surface area contributed by atoms with Gasteiger partial charge in [-0.25, -0.2) is 13.1 Å². The van der Waals surface area contributed by atoms with Gasteiger partial charge in [-0.05, 0) is 30.2 Å². The van der Waals surface area contributed by atoms with Crippen LogP contribution < -0.4 is 10.5 Å². The molecule has 1 aromatic heterocycles. The fraction of sp³-hybridized carbons (Fsp3) is 0.385. The Morgan fingerprint density at radius 1 is 1.33 bits per heavy atom. The van der Waals surface area contributed by atoms with Gasteiger partial charge < -0.3 is 10.3 Å². The number of benzene rings is 1. The predicted octanol–water partition coefficient (Wildman–Crippen LogP) is 0.666. The fourth-order valence-corrected chi connectivity index (χ4v) is 2.94. The first-order valence-electron chi connectivity index (χ1n) is 6.51. The Morgan fingerprint density at radius 2 is 2.10 bits per heavy atom. The van der Waals surface area contributed by atoms with Gasteiger partial charge in [0.1, 0.15) is 0 Å². The first kappa shape index (κ1) is 15.6. The van der Waals surface area contributed by atoms with Crippen LogP contribution in [0.25, 0.3) is 0 Å². The molecule has 0 aliphatic carbocycles. The standard InChI is InChI=1S/C13H18N4O3S/c1-9-3-4-12(7-11(9)8-14)21(18,19)15-6-5-13-16-10(2)20-17-13/h3-4,7,15H,5-6,8,14H2,1-2H3. The van der Waals surface area contributed by atoms with E-state index in [1.165, 1.54) is 0 Å². The number of nitrogens with two attached hydrogens (primary N) is 1. The van der Waals surface area contributed by atoms with Gasteiger partial charge in [0.25, 0.3) is 0 Å². The van der Waals surface area contributed by atoms with Crippen molar-refractivity contribution in [1.29, 1.82) is 0 Å². The minimum absolute atomic E-state index is 0.202. The highest BCUT2D eigenvalue weighted by molar-refractivity contribution is 7.89. The van der Waals surface area contributed by atoms with Crippen LogP contribution in [0, 0.1) is 13.8 Å². The van der Waals surface area contributed by atoms with E-state index in [9.17, 15) is 8.42 Å². The molecule has 114 valence electrons. The number of nitrogens with one attached hydrogen (secondary N) is 1. The molecule has 0 atom stereocenters. The van der Waals surface area contributed by atoms with Crippen LogP contribution in [0.4, 0.5) is 0 Å². The van der Waals surface area contributed by atoms with Crippen molar-refractivity contribution < 1.29 is 12.9 Å². The second-order valence-electron chi connectivity index (χ2n) is 4.67. The van der Waals surface area contributed by atoms with Crippen molar-refractivity contribution in [2.45, 2.75) is 31.7 Å². The van der Waals surface area contributed by atoms with Gasteiger partial charge in [-0.1, -0.05) is 11.2 Å². The quantitative estimate of drug-likeness (QED) is 0.811. The van der Waals surface area contributed by atoms with Crippen LogP contribution in [0.1, 0.15) is 22.8 Å². The third-order valence-corrected chi connectivity index (χ3v) is 4.52. The Morgan fingerprint density at radius 3 is 2.71 bits per heavy atom. The molecule has 0 spiro atoms. The topological polar surface area (TPSA) is 111 Å². The van der Waals surface area contributed by atoms with Crippen LogP contribution in [-0.4, -0.2) is 25.1 Å². The minimum Gasteiger partial charge on any atom is -0.340 e. The number of nitrogens with zero attached hydrogens (tertiary/aromatic N) is 2. The molecule has 0 aliphatic heterocycles. The highest BCUT2D eigenvalue weighted by Crippen LogP contribution is 2.15. The third kappa shape index (κ3) is 3.87. The van der Waals surface area contributed by atoms with Crippen molar-refractivity contribution in [1.82, 2.24) is 14.9 Å². The normalized spacial score (nSPS) is 11.8. The number of hydrogen-bond acceptors (Lipinski definition) is 6. The summed E-state index contributed by atoms with van der Waals surface area (Å²) in [6, 6.07) is 4.91. The lowest BCUT2D eigenvalue weighted by Gasteiger charge is -2.09. The molecular formula is C13H18N4O3S. The Balaban J connectivity index is 2.04. The van der Waals surface area contributed by atoms with E-state index in [1.807, 2.05) is 6.92 Å². The molecule has 1 heterocycles. The van der Waals surface area contributed by atoms with Crippen LogP contribution >= 0.6 is 0 Å². The van der Waals surface area contributed by atoms with E-state index in [2.05, 4.69) is 14.9 Å². The van der Waals surface area contributed by atoms with Crippen LogP contribution in [0.2, 0.25) is 0 Å². The monoisotopic (exact) mass is 310 g/mol. The SMILES string of the molecule is Cc1nc(CCNS(=O)(=O)c2ccc(C)c(CN)c2)no1. The van der Waals surface area contributed by atoms with Gasteiger partial charge in [0.2, 0.25) is 15.9 Å². The summed E-state index contributed by atoms with van der Waals surface area (Å²) in [4.78, 5) is 4.22. The van der Waals surface area contributed by atoms with Crippen molar-refractivity contribution in [2.24, 2.45) is 5.73 Å². The summed E-state index contributed by atoms with van der Waals surface area (Å²) in [5.74, 6) is 0.931. The molecule has 0 saturated carbocycles. The van der Waals surface area contributed by atoms with Crippen molar-refractivity contribution in [2.75, 3.05) is 6.54 Å². The first-order valence-corrected chi connectivity index (χ1v) is 7.99. The maximum atomic E-state index is 12.2. The molecule has 0 fully saturated rings. The lowest BCUT2D eigenvalue weighted by atomic mass is 10.1. The average molecular weight is 310 g/mol.